The zero-order valence-corrected chi connectivity index (χ0v) is 7.54. The molecule has 70 valence electrons. The summed E-state index contributed by atoms with van der Waals surface area (Å²) in [7, 11) is 0. The standard InChI is InChI=1S/C8H16N2O2/c1-5(2)8-11-6(3-9)7(4-10)12-8/h5-10H,3-4H2,1-2H3/t6-,7-/m1/s1. The highest BCUT2D eigenvalue weighted by Crippen LogP contribution is 2.23. The molecular formula is C8H16N2O2. The van der Waals surface area contributed by atoms with E-state index in [-0.39, 0.29) is 31.6 Å². The zero-order valence-electron chi connectivity index (χ0n) is 7.54. The molecule has 0 spiro atoms. The fourth-order valence-corrected chi connectivity index (χ4v) is 1.23. The van der Waals surface area contributed by atoms with Crippen molar-refractivity contribution in [2.24, 2.45) is 5.92 Å². The molecule has 4 nitrogen and oxygen atoms in total. The van der Waals surface area contributed by atoms with E-state index in [2.05, 4.69) is 0 Å². The molecule has 1 aliphatic rings. The highest BCUT2D eigenvalue weighted by Gasteiger charge is 2.35. The number of ether oxygens (including phenoxy) is 2. The average molecular weight is 172 g/mol. The van der Waals surface area contributed by atoms with Gasteiger partial charge in [-0.1, -0.05) is 13.8 Å². The van der Waals surface area contributed by atoms with Crippen molar-refractivity contribution in [2.75, 3.05) is 13.1 Å². The maximum atomic E-state index is 7.18. The number of hydrogen-bond acceptors (Lipinski definition) is 2. The van der Waals surface area contributed by atoms with Gasteiger partial charge in [0.1, 0.15) is 12.2 Å². The van der Waals surface area contributed by atoms with Gasteiger partial charge in [0.15, 0.2) is 6.29 Å². The van der Waals surface area contributed by atoms with Gasteiger partial charge in [-0.25, -0.2) is 0 Å². The maximum absolute atomic E-state index is 7.18. The molecule has 0 unspecified atom stereocenters. The van der Waals surface area contributed by atoms with E-state index < -0.39 is 0 Å². The Morgan fingerprint density at radius 1 is 1.08 bits per heavy atom. The monoisotopic (exact) mass is 172 g/mol. The molecule has 0 aromatic carbocycles. The molecule has 4 heteroatoms. The molecule has 0 aliphatic carbocycles. The van der Waals surface area contributed by atoms with Crippen LogP contribution in [-0.4, -0.2) is 31.6 Å². The van der Waals surface area contributed by atoms with Crippen LogP contribution >= 0.6 is 0 Å². The van der Waals surface area contributed by atoms with Gasteiger partial charge < -0.3 is 9.47 Å². The molecule has 1 heterocycles. The summed E-state index contributed by atoms with van der Waals surface area (Å²) in [6, 6.07) is 0. The largest absolute Gasteiger partial charge is 0.345 e. The van der Waals surface area contributed by atoms with Crippen LogP contribution in [0, 0.1) is 5.92 Å². The van der Waals surface area contributed by atoms with Crippen molar-refractivity contribution in [2.45, 2.75) is 32.3 Å². The fraction of sp³-hybridized carbons (Fsp3) is 1.00. The molecule has 0 aromatic heterocycles. The molecule has 0 amide bonds. The SMILES string of the molecule is CC(C)C1O[C@H](C[NH])[C@@H](C[NH])O1. The molecule has 0 aromatic rings. The summed E-state index contributed by atoms with van der Waals surface area (Å²) in [5.41, 5.74) is 14.4. The normalized spacial score (nSPS) is 31.8. The Labute approximate surface area is 73.2 Å². The second kappa shape index (κ2) is 4.18. The lowest BCUT2D eigenvalue weighted by Crippen LogP contribution is -2.30. The predicted molar refractivity (Wildman–Crippen MR) is 44.3 cm³/mol. The van der Waals surface area contributed by atoms with E-state index in [1.807, 2.05) is 13.8 Å². The van der Waals surface area contributed by atoms with Gasteiger partial charge in [-0.05, 0) is 0 Å². The average Bonchev–Trinajstić information content (AvgIpc) is 2.46. The van der Waals surface area contributed by atoms with Gasteiger partial charge in [0, 0.05) is 19.0 Å². The summed E-state index contributed by atoms with van der Waals surface area (Å²) in [6.07, 6.45) is -0.611. The summed E-state index contributed by atoms with van der Waals surface area (Å²) < 4.78 is 10.9. The summed E-state index contributed by atoms with van der Waals surface area (Å²) in [6.45, 7) is 4.40. The highest BCUT2D eigenvalue weighted by atomic mass is 16.7. The number of nitrogens with one attached hydrogen (secondary N) is 2. The molecule has 0 saturated carbocycles. The molecule has 1 aliphatic heterocycles. The topological polar surface area (TPSA) is 66.1 Å². The first-order valence-corrected chi connectivity index (χ1v) is 4.29. The van der Waals surface area contributed by atoms with Crippen molar-refractivity contribution in [1.29, 1.82) is 0 Å². The number of rotatable bonds is 3. The van der Waals surface area contributed by atoms with Crippen LogP contribution in [-0.2, 0) is 9.47 Å². The van der Waals surface area contributed by atoms with Gasteiger partial charge in [-0.3, -0.25) is 11.5 Å². The van der Waals surface area contributed by atoms with Gasteiger partial charge >= 0.3 is 0 Å². The van der Waals surface area contributed by atoms with Gasteiger partial charge in [-0.2, -0.15) is 0 Å². The zero-order chi connectivity index (χ0) is 9.14. The van der Waals surface area contributed by atoms with Crippen LogP contribution in [0.4, 0.5) is 0 Å². The number of hydrogen-bond donors (Lipinski definition) is 0. The van der Waals surface area contributed by atoms with Crippen LogP contribution in [0.2, 0.25) is 0 Å². The lowest BCUT2D eigenvalue weighted by Gasteiger charge is -2.13. The van der Waals surface area contributed by atoms with E-state index in [9.17, 15) is 0 Å². The molecule has 1 fully saturated rings. The van der Waals surface area contributed by atoms with Crippen LogP contribution in [0.3, 0.4) is 0 Å². The van der Waals surface area contributed by atoms with Crippen LogP contribution in [0.1, 0.15) is 13.8 Å². The molecular weight excluding hydrogens is 156 g/mol. The first-order valence-electron chi connectivity index (χ1n) is 4.29. The molecule has 12 heavy (non-hydrogen) atoms. The molecule has 0 bridgehead atoms. The Morgan fingerprint density at radius 2 is 1.50 bits per heavy atom. The quantitative estimate of drug-likeness (QED) is 0.615. The second-order valence-electron chi connectivity index (χ2n) is 3.37. The molecule has 2 atom stereocenters. The first-order chi connectivity index (χ1) is 5.69. The maximum Gasteiger partial charge on any atom is 0.160 e. The summed E-state index contributed by atoms with van der Waals surface area (Å²) in [5.74, 6) is 0.301. The third kappa shape index (κ3) is 1.95. The van der Waals surface area contributed by atoms with Gasteiger partial charge in [0.05, 0.1) is 0 Å². The molecule has 2 N–H and O–H groups in total. The van der Waals surface area contributed by atoms with Crippen LogP contribution in [0.15, 0.2) is 0 Å². The minimum absolute atomic E-state index is 0.187. The van der Waals surface area contributed by atoms with E-state index in [0.717, 1.165) is 0 Å². The third-order valence-corrected chi connectivity index (χ3v) is 1.98. The summed E-state index contributed by atoms with van der Waals surface area (Å²) >= 11 is 0. The van der Waals surface area contributed by atoms with Gasteiger partial charge in [-0.15, -0.1) is 0 Å². The van der Waals surface area contributed by atoms with Gasteiger partial charge in [0.2, 0.25) is 0 Å². The van der Waals surface area contributed by atoms with Crippen molar-refractivity contribution in [3.63, 3.8) is 0 Å². The van der Waals surface area contributed by atoms with Crippen molar-refractivity contribution in [3.8, 4) is 0 Å². The Kier molecular flexibility index (Phi) is 3.46. The second-order valence-corrected chi connectivity index (χ2v) is 3.37. The van der Waals surface area contributed by atoms with E-state index in [1.54, 1.807) is 0 Å². The van der Waals surface area contributed by atoms with Crippen molar-refractivity contribution in [1.82, 2.24) is 11.5 Å². The summed E-state index contributed by atoms with van der Waals surface area (Å²) in [5, 5.41) is 0. The van der Waals surface area contributed by atoms with Crippen molar-refractivity contribution >= 4 is 0 Å². The summed E-state index contributed by atoms with van der Waals surface area (Å²) in [4.78, 5) is 0. The Balaban J connectivity index is 2.47. The van der Waals surface area contributed by atoms with E-state index in [4.69, 9.17) is 20.9 Å². The van der Waals surface area contributed by atoms with Crippen LogP contribution in [0.5, 0.6) is 0 Å². The lowest BCUT2D eigenvalue weighted by atomic mass is 10.2. The van der Waals surface area contributed by atoms with Crippen molar-refractivity contribution in [3.05, 3.63) is 0 Å². The smallest absolute Gasteiger partial charge is 0.160 e. The first kappa shape index (κ1) is 9.92. The minimum atomic E-state index is -0.212. The van der Waals surface area contributed by atoms with Crippen LogP contribution in [0.25, 0.3) is 0 Å². The van der Waals surface area contributed by atoms with Crippen LogP contribution < -0.4 is 11.5 Å². The van der Waals surface area contributed by atoms with Gasteiger partial charge in [0.25, 0.3) is 0 Å². The Hall–Kier alpha value is -0.160. The van der Waals surface area contributed by atoms with E-state index in [1.165, 1.54) is 0 Å². The Morgan fingerprint density at radius 3 is 1.75 bits per heavy atom. The highest BCUT2D eigenvalue weighted by molar-refractivity contribution is 4.79. The Bertz CT molecular complexity index is 129. The molecule has 1 rings (SSSR count). The molecule has 1 saturated heterocycles. The minimum Gasteiger partial charge on any atom is -0.345 e. The van der Waals surface area contributed by atoms with E-state index >= 15 is 0 Å². The third-order valence-electron chi connectivity index (χ3n) is 1.98. The fourth-order valence-electron chi connectivity index (χ4n) is 1.23. The lowest BCUT2D eigenvalue weighted by molar-refractivity contribution is -0.0936. The van der Waals surface area contributed by atoms with Crippen molar-refractivity contribution < 1.29 is 9.47 Å². The van der Waals surface area contributed by atoms with E-state index in [0.29, 0.717) is 5.92 Å². The predicted octanol–water partition coefficient (Wildman–Crippen LogP) is 0.318. The molecule has 2 radical (unpaired) electrons.